The zero-order valence-corrected chi connectivity index (χ0v) is 11.8. The maximum absolute atomic E-state index is 4.64. The Kier molecular flexibility index (Phi) is 3.69. The number of nitrogens with zero attached hydrogens (tertiary/aromatic N) is 2. The van der Waals surface area contributed by atoms with Crippen LogP contribution in [0.2, 0.25) is 0 Å². The number of rotatable bonds is 3. The van der Waals surface area contributed by atoms with Crippen LogP contribution in [-0.4, -0.2) is 54.3 Å². The fourth-order valence-corrected chi connectivity index (χ4v) is 4.58. The van der Waals surface area contributed by atoms with E-state index in [1.54, 1.807) is 0 Å². The Morgan fingerprint density at radius 2 is 1.88 bits per heavy atom. The molecule has 0 spiro atoms. The molecule has 98 valence electrons. The zero-order valence-electron chi connectivity index (χ0n) is 10.9. The lowest BCUT2D eigenvalue weighted by atomic mass is 9.87. The summed E-state index contributed by atoms with van der Waals surface area (Å²) in [6, 6.07) is 0.877. The topological polar surface area (TPSA) is 6.48 Å². The molecule has 3 fully saturated rings. The summed E-state index contributed by atoms with van der Waals surface area (Å²) in [6.45, 7) is 6.62. The van der Waals surface area contributed by atoms with E-state index >= 15 is 0 Å². The van der Waals surface area contributed by atoms with Crippen molar-refractivity contribution < 1.29 is 0 Å². The number of hydrogen-bond acceptors (Lipinski definition) is 3. The highest BCUT2D eigenvalue weighted by Gasteiger charge is 2.37. The minimum atomic E-state index is 0.559. The molecule has 0 radical (unpaired) electrons. The van der Waals surface area contributed by atoms with E-state index in [4.69, 9.17) is 0 Å². The molecule has 3 heteroatoms. The third-order valence-electron chi connectivity index (χ3n) is 5.23. The quantitative estimate of drug-likeness (QED) is 0.772. The summed E-state index contributed by atoms with van der Waals surface area (Å²) in [5, 5.41) is 0. The van der Waals surface area contributed by atoms with Crippen molar-refractivity contribution >= 4 is 12.6 Å². The molecule has 17 heavy (non-hydrogen) atoms. The van der Waals surface area contributed by atoms with Crippen molar-refractivity contribution in [3.05, 3.63) is 0 Å². The van der Waals surface area contributed by atoms with Crippen molar-refractivity contribution in [2.24, 2.45) is 5.41 Å². The molecule has 0 bridgehead atoms. The first-order valence-electron chi connectivity index (χ1n) is 7.39. The molecule has 2 aliphatic heterocycles. The molecule has 0 aromatic heterocycles. The van der Waals surface area contributed by atoms with E-state index in [2.05, 4.69) is 22.4 Å². The number of piperazine rings is 1. The number of fused-ring (bicyclic) bond motifs is 1. The van der Waals surface area contributed by atoms with Gasteiger partial charge in [0.05, 0.1) is 0 Å². The first-order chi connectivity index (χ1) is 8.31. The van der Waals surface area contributed by atoms with E-state index in [1.165, 1.54) is 71.2 Å². The molecule has 0 N–H and O–H groups in total. The van der Waals surface area contributed by atoms with Gasteiger partial charge in [-0.2, -0.15) is 12.6 Å². The van der Waals surface area contributed by atoms with Crippen LogP contribution in [0.25, 0.3) is 0 Å². The minimum Gasteiger partial charge on any atom is -0.300 e. The first kappa shape index (κ1) is 12.3. The Balaban J connectivity index is 1.58. The highest BCUT2D eigenvalue weighted by atomic mass is 32.1. The molecule has 1 saturated carbocycles. The lowest BCUT2D eigenvalue weighted by Crippen LogP contribution is -2.52. The fraction of sp³-hybridized carbons (Fsp3) is 1.00. The molecule has 1 aliphatic carbocycles. The molecule has 2 nitrogen and oxygen atoms in total. The Morgan fingerprint density at radius 3 is 2.65 bits per heavy atom. The summed E-state index contributed by atoms with van der Waals surface area (Å²) in [6.07, 6.45) is 8.57. The van der Waals surface area contributed by atoms with Gasteiger partial charge in [0, 0.05) is 32.2 Å². The zero-order chi connectivity index (χ0) is 11.7. The van der Waals surface area contributed by atoms with Crippen molar-refractivity contribution in [3.8, 4) is 0 Å². The number of hydrogen-bond donors (Lipinski definition) is 1. The highest BCUT2D eigenvalue weighted by Crippen LogP contribution is 2.40. The summed E-state index contributed by atoms with van der Waals surface area (Å²) in [5.41, 5.74) is 0.559. The molecule has 0 aromatic rings. The van der Waals surface area contributed by atoms with Gasteiger partial charge in [-0.15, -0.1) is 0 Å². The van der Waals surface area contributed by atoms with Gasteiger partial charge in [-0.1, -0.05) is 12.8 Å². The standard InChI is InChI=1S/C14H26N2S/c17-12-14(5-1-2-6-14)11-15-8-9-16-7-3-4-13(16)10-15/h13,17H,1-12H2. The van der Waals surface area contributed by atoms with Crippen molar-refractivity contribution in [1.82, 2.24) is 9.80 Å². The lowest BCUT2D eigenvalue weighted by molar-refractivity contribution is 0.0726. The van der Waals surface area contributed by atoms with Gasteiger partial charge in [-0.05, 0) is 43.4 Å². The van der Waals surface area contributed by atoms with E-state index in [-0.39, 0.29) is 0 Å². The van der Waals surface area contributed by atoms with Gasteiger partial charge in [0.25, 0.3) is 0 Å². The second kappa shape index (κ2) is 5.10. The fourth-order valence-electron chi connectivity index (χ4n) is 4.16. The summed E-state index contributed by atoms with van der Waals surface area (Å²) in [5.74, 6) is 1.10. The number of thiol groups is 1. The molecule has 0 aromatic carbocycles. The van der Waals surface area contributed by atoms with E-state index in [0.29, 0.717) is 5.41 Å². The molecule has 0 amide bonds. The van der Waals surface area contributed by atoms with Crippen LogP contribution < -0.4 is 0 Å². The molecule has 2 heterocycles. The predicted molar refractivity (Wildman–Crippen MR) is 75.8 cm³/mol. The lowest BCUT2D eigenvalue weighted by Gasteiger charge is -2.41. The van der Waals surface area contributed by atoms with Crippen LogP contribution in [0.15, 0.2) is 0 Å². The van der Waals surface area contributed by atoms with Crippen LogP contribution in [0.3, 0.4) is 0 Å². The van der Waals surface area contributed by atoms with Crippen molar-refractivity contribution in [2.45, 2.75) is 44.6 Å². The Bertz CT molecular complexity index is 263. The van der Waals surface area contributed by atoms with Gasteiger partial charge in [0.2, 0.25) is 0 Å². The van der Waals surface area contributed by atoms with Crippen molar-refractivity contribution in [1.29, 1.82) is 0 Å². The molecule has 1 unspecified atom stereocenters. The van der Waals surface area contributed by atoms with Gasteiger partial charge in [0.15, 0.2) is 0 Å². The van der Waals surface area contributed by atoms with Gasteiger partial charge in [-0.25, -0.2) is 0 Å². The monoisotopic (exact) mass is 254 g/mol. The van der Waals surface area contributed by atoms with Crippen LogP contribution in [0, 0.1) is 5.41 Å². The van der Waals surface area contributed by atoms with Gasteiger partial charge < -0.3 is 0 Å². The van der Waals surface area contributed by atoms with Crippen LogP contribution >= 0.6 is 12.6 Å². The normalized spacial score (nSPS) is 34.1. The van der Waals surface area contributed by atoms with Crippen molar-refractivity contribution in [3.63, 3.8) is 0 Å². The third-order valence-corrected chi connectivity index (χ3v) is 5.90. The van der Waals surface area contributed by atoms with Crippen LogP contribution in [0.5, 0.6) is 0 Å². The Morgan fingerprint density at radius 1 is 1.06 bits per heavy atom. The van der Waals surface area contributed by atoms with E-state index in [9.17, 15) is 0 Å². The third kappa shape index (κ3) is 2.52. The second-order valence-corrected chi connectivity index (χ2v) is 6.75. The summed E-state index contributed by atoms with van der Waals surface area (Å²) in [4.78, 5) is 5.45. The Hall–Kier alpha value is 0.270. The average molecular weight is 254 g/mol. The Labute approximate surface area is 111 Å². The highest BCUT2D eigenvalue weighted by molar-refractivity contribution is 7.80. The predicted octanol–water partition coefficient (Wildman–Crippen LogP) is 2.26. The molecule has 3 rings (SSSR count). The molecule has 2 saturated heterocycles. The smallest absolute Gasteiger partial charge is 0.0224 e. The van der Waals surface area contributed by atoms with Crippen LogP contribution in [0.1, 0.15) is 38.5 Å². The average Bonchev–Trinajstić information content (AvgIpc) is 2.97. The van der Waals surface area contributed by atoms with E-state index in [0.717, 1.165) is 11.8 Å². The largest absolute Gasteiger partial charge is 0.300 e. The molecule has 1 atom stereocenters. The second-order valence-electron chi connectivity index (χ2n) is 6.43. The maximum atomic E-state index is 4.64. The molecule has 3 aliphatic rings. The van der Waals surface area contributed by atoms with Gasteiger partial charge in [-0.3, -0.25) is 9.80 Å². The summed E-state index contributed by atoms with van der Waals surface area (Å²) >= 11 is 4.64. The summed E-state index contributed by atoms with van der Waals surface area (Å²) < 4.78 is 0. The maximum Gasteiger partial charge on any atom is 0.0224 e. The van der Waals surface area contributed by atoms with Gasteiger partial charge >= 0.3 is 0 Å². The molecular formula is C14H26N2S. The minimum absolute atomic E-state index is 0.559. The SMILES string of the molecule is SCC1(CN2CCN3CCCC3C2)CCCC1. The van der Waals surface area contributed by atoms with E-state index in [1.807, 2.05) is 0 Å². The van der Waals surface area contributed by atoms with Crippen LogP contribution in [-0.2, 0) is 0 Å². The first-order valence-corrected chi connectivity index (χ1v) is 8.02. The summed E-state index contributed by atoms with van der Waals surface area (Å²) in [7, 11) is 0. The molecular weight excluding hydrogens is 228 g/mol. The van der Waals surface area contributed by atoms with Crippen molar-refractivity contribution in [2.75, 3.05) is 38.5 Å². The van der Waals surface area contributed by atoms with Gasteiger partial charge in [0.1, 0.15) is 0 Å². The van der Waals surface area contributed by atoms with Crippen LogP contribution in [0.4, 0.5) is 0 Å². The van der Waals surface area contributed by atoms with E-state index < -0.39 is 0 Å².